The number of nitrogens with one attached hydrogen (secondary N) is 1. The number of aryl methyl sites for hydroxylation is 1. The number of piperazine rings is 1. The van der Waals surface area contributed by atoms with Gasteiger partial charge in [0.2, 0.25) is 0 Å². The minimum absolute atomic E-state index is 0.177. The highest BCUT2D eigenvalue weighted by Gasteiger charge is 2.22. The molecule has 2 aromatic rings. The summed E-state index contributed by atoms with van der Waals surface area (Å²) in [6, 6.07) is 18.8. The molecule has 0 unspecified atom stereocenters. The molecule has 1 N–H and O–H groups in total. The van der Waals surface area contributed by atoms with Gasteiger partial charge in [-0.15, -0.1) is 0 Å². The third-order valence-corrected chi connectivity index (χ3v) is 6.16. The second kappa shape index (κ2) is 9.24. The van der Waals surface area contributed by atoms with E-state index in [-0.39, 0.29) is 5.91 Å². The van der Waals surface area contributed by atoms with Crippen LogP contribution >= 0.6 is 0 Å². The van der Waals surface area contributed by atoms with Crippen molar-refractivity contribution < 1.29 is 4.79 Å². The van der Waals surface area contributed by atoms with Crippen LogP contribution in [0.25, 0.3) is 0 Å². The van der Waals surface area contributed by atoms with E-state index in [1.165, 1.54) is 30.5 Å². The molecule has 0 atom stereocenters. The molecule has 0 radical (unpaired) electrons. The molecule has 0 bridgehead atoms. The van der Waals surface area contributed by atoms with Gasteiger partial charge in [0.05, 0.1) is 0 Å². The lowest BCUT2D eigenvalue weighted by Crippen LogP contribution is -2.48. The second-order valence-corrected chi connectivity index (χ2v) is 8.05. The highest BCUT2D eigenvalue weighted by molar-refractivity contribution is 5.94. The number of benzene rings is 2. The van der Waals surface area contributed by atoms with E-state index in [4.69, 9.17) is 0 Å². The molecule has 2 heterocycles. The normalized spacial score (nSPS) is 18.3. The lowest BCUT2D eigenvalue weighted by molar-refractivity contribution is 0.0746. The van der Waals surface area contributed by atoms with Crippen molar-refractivity contribution in [3.8, 4) is 0 Å². The van der Waals surface area contributed by atoms with Crippen LogP contribution in [0.15, 0.2) is 54.6 Å². The predicted octanol–water partition coefficient (Wildman–Crippen LogP) is 3.58. The SMILES string of the molecule is O=C(c1cccc(CCC2CCNCC2)c1)N1CCN(c2ccccc2)CC1. The van der Waals surface area contributed by atoms with Crippen molar-refractivity contribution in [2.45, 2.75) is 25.7 Å². The Balaban J connectivity index is 1.32. The maximum absolute atomic E-state index is 13.0. The van der Waals surface area contributed by atoms with Crippen molar-refractivity contribution in [3.63, 3.8) is 0 Å². The molecule has 1 amide bonds. The van der Waals surface area contributed by atoms with Crippen LogP contribution in [0, 0.1) is 5.92 Å². The van der Waals surface area contributed by atoms with E-state index in [0.29, 0.717) is 0 Å². The second-order valence-electron chi connectivity index (χ2n) is 8.05. The van der Waals surface area contributed by atoms with Crippen LogP contribution in [-0.4, -0.2) is 50.1 Å². The van der Waals surface area contributed by atoms with E-state index in [0.717, 1.165) is 57.2 Å². The van der Waals surface area contributed by atoms with Crippen molar-refractivity contribution in [2.75, 3.05) is 44.2 Å². The van der Waals surface area contributed by atoms with E-state index in [9.17, 15) is 4.79 Å². The summed E-state index contributed by atoms with van der Waals surface area (Å²) in [7, 11) is 0. The van der Waals surface area contributed by atoms with E-state index in [1.807, 2.05) is 23.1 Å². The predicted molar refractivity (Wildman–Crippen MR) is 115 cm³/mol. The van der Waals surface area contributed by atoms with Crippen LogP contribution in [0.2, 0.25) is 0 Å². The number of carbonyl (C=O) groups is 1. The zero-order valence-corrected chi connectivity index (χ0v) is 16.6. The summed E-state index contributed by atoms with van der Waals surface area (Å²) >= 11 is 0. The van der Waals surface area contributed by atoms with Gasteiger partial charge in [0.25, 0.3) is 5.91 Å². The van der Waals surface area contributed by atoms with Gasteiger partial charge in [-0.25, -0.2) is 0 Å². The van der Waals surface area contributed by atoms with Gasteiger partial charge in [0, 0.05) is 37.4 Å². The average molecular weight is 378 g/mol. The highest BCUT2D eigenvalue weighted by Crippen LogP contribution is 2.20. The summed E-state index contributed by atoms with van der Waals surface area (Å²) in [5, 5.41) is 3.43. The molecular formula is C24H31N3O. The summed E-state index contributed by atoms with van der Waals surface area (Å²) in [6.45, 7) is 5.66. The van der Waals surface area contributed by atoms with Crippen molar-refractivity contribution in [3.05, 3.63) is 65.7 Å². The summed E-state index contributed by atoms with van der Waals surface area (Å²) in [5.41, 5.74) is 3.39. The molecule has 4 rings (SSSR count). The van der Waals surface area contributed by atoms with Gasteiger partial charge in [0.1, 0.15) is 0 Å². The summed E-state index contributed by atoms with van der Waals surface area (Å²) < 4.78 is 0. The minimum atomic E-state index is 0.177. The summed E-state index contributed by atoms with van der Waals surface area (Å²) in [6.07, 6.45) is 4.87. The van der Waals surface area contributed by atoms with Crippen molar-refractivity contribution in [1.29, 1.82) is 0 Å². The Kier molecular flexibility index (Phi) is 6.27. The number of piperidine rings is 1. The van der Waals surface area contributed by atoms with Crippen LogP contribution < -0.4 is 10.2 Å². The Morgan fingerprint density at radius 2 is 1.68 bits per heavy atom. The fourth-order valence-electron chi connectivity index (χ4n) is 4.39. The molecule has 0 spiro atoms. The third-order valence-electron chi connectivity index (χ3n) is 6.16. The van der Waals surface area contributed by atoms with Gasteiger partial charge < -0.3 is 15.1 Å². The number of nitrogens with zero attached hydrogens (tertiary/aromatic N) is 2. The third kappa shape index (κ3) is 4.74. The van der Waals surface area contributed by atoms with Gasteiger partial charge in [-0.1, -0.05) is 30.3 Å². The first kappa shape index (κ1) is 19.0. The first-order valence-electron chi connectivity index (χ1n) is 10.7. The van der Waals surface area contributed by atoms with Gasteiger partial charge in [-0.2, -0.15) is 0 Å². The molecule has 28 heavy (non-hydrogen) atoms. The largest absolute Gasteiger partial charge is 0.368 e. The minimum Gasteiger partial charge on any atom is -0.368 e. The first-order chi connectivity index (χ1) is 13.8. The molecule has 4 heteroatoms. The number of hydrogen-bond acceptors (Lipinski definition) is 3. The molecule has 2 fully saturated rings. The molecule has 2 saturated heterocycles. The number of rotatable bonds is 5. The van der Waals surface area contributed by atoms with Crippen molar-refractivity contribution >= 4 is 11.6 Å². The number of hydrogen-bond donors (Lipinski definition) is 1. The number of amides is 1. The number of carbonyl (C=O) groups excluding carboxylic acids is 1. The van der Waals surface area contributed by atoms with Crippen LogP contribution in [0.3, 0.4) is 0 Å². The van der Waals surface area contributed by atoms with Gasteiger partial charge in [0.15, 0.2) is 0 Å². The van der Waals surface area contributed by atoms with Crippen molar-refractivity contribution in [1.82, 2.24) is 10.2 Å². The summed E-state index contributed by atoms with van der Waals surface area (Å²) in [5.74, 6) is 1.00. The smallest absolute Gasteiger partial charge is 0.253 e. The van der Waals surface area contributed by atoms with E-state index in [1.54, 1.807) is 0 Å². The molecule has 2 aromatic carbocycles. The molecule has 148 valence electrons. The fourth-order valence-corrected chi connectivity index (χ4v) is 4.39. The average Bonchev–Trinajstić information content (AvgIpc) is 2.79. The monoisotopic (exact) mass is 377 g/mol. The Morgan fingerprint density at radius 3 is 2.43 bits per heavy atom. The zero-order chi connectivity index (χ0) is 19.2. The Hall–Kier alpha value is -2.33. The lowest BCUT2D eigenvalue weighted by Gasteiger charge is -2.36. The number of para-hydroxylation sites is 1. The molecule has 0 aromatic heterocycles. The Morgan fingerprint density at radius 1 is 0.929 bits per heavy atom. The molecule has 2 aliphatic heterocycles. The lowest BCUT2D eigenvalue weighted by atomic mass is 9.91. The molecule has 0 aliphatic carbocycles. The summed E-state index contributed by atoms with van der Waals surface area (Å²) in [4.78, 5) is 17.4. The molecule has 4 nitrogen and oxygen atoms in total. The maximum atomic E-state index is 13.0. The van der Waals surface area contributed by atoms with Crippen LogP contribution in [0.5, 0.6) is 0 Å². The topological polar surface area (TPSA) is 35.6 Å². The Labute approximate surface area is 168 Å². The Bertz CT molecular complexity index is 762. The van der Waals surface area contributed by atoms with Gasteiger partial charge in [-0.05, 0) is 74.5 Å². The first-order valence-corrected chi connectivity index (χ1v) is 10.7. The van der Waals surface area contributed by atoms with Crippen LogP contribution in [0.4, 0.5) is 5.69 Å². The maximum Gasteiger partial charge on any atom is 0.253 e. The quantitative estimate of drug-likeness (QED) is 0.865. The molecular weight excluding hydrogens is 346 g/mol. The van der Waals surface area contributed by atoms with Crippen molar-refractivity contribution in [2.24, 2.45) is 5.92 Å². The number of anilines is 1. The molecule has 2 aliphatic rings. The highest BCUT2D eigenvalue weighted by atomic mass is 16.2. The standard InChI is InChI=1S/C24H31N3O/c28-24(27-17-15-26(16-18-27)23-7-2-1-3-8-23)22-6-4-5-21(19-22)10-9-20-11-13-25-14-12-20/h1-8,19-20,25H,9-18H2. The van der Waals surface area contributed by atoms with Crippen LogP contribution in [0.1, 0.15) is 35.2 Å². The van der Waals surface area contributed by atoms with E-state index < -0.39 is 0 Å². The van der Waals surface area contributed by atoms with Gasteiger partial charge in [-0.3, -0.25) is 4.79 Å². The van der Waals surface area contributed by atoms with Gasteiger partial charge >= 0.3 is 0 Å². The van der Waals surface area contributed by atoms with E-state index in [2.05, 4.69) is 46.6 Å². The van der Waals surface area contributed by atoms with E-state index >= 15 is 0 Å². The zero-order valence-electron chi connectivity index (χ0n) is 16.6. The van der Waals surface area contributed by atoms with Crippen LogP contribution in [-0.2, 0) is 6.42 Å². The molecule has 0 saturated carbocycles. The fraction of sp³-hybridized carbons (Fsp3) is 0.458.